The van der Waals surface area contributed by atoms with Gasteiger partial charge in [-0.1, -0.05) is 6.07 Å². The largest absolute Gasteiger partial charge is 0.311 e. The quantitative estimate of drug-likeness (QED) is 0.812. The number of sulfone groups is 1. The molecule has 21 heavy (non-hydrogen) atoms. The standard InChI is InChI=1S/C14H18ClN3O2S/c1-21(19,20)12-7-5-6-11-14(12)16-13(10-15)18(11)17-8-3-2-4-9-17/h5-7H,2-4,8-10H2,1H3. The number of hydrogen-bond acceptors (Lipinski definition) is 4. The van der Waals surface area contributed by atoms with Crippen LogP contribution in [0.1, 0.15) is 25.1 Å². The molecule has 0 atom stereocenters. The molecule has 0 saturated carbocycles. The Hall–Kier alpha value is -1.27. The fourth-order valence-corrected chi connectivity index (χ4v) is 3.89. The minimum atomic E-state index is -3.31. The molecular weight excluding hydrogens is 310 g/mol. The Bertz CT molecular complexity index is 764. The molecule has 2 aromatic rings. The molecule has 5 nitrogen and oxygen atoms in total. The van der Waals surface area contributed by atoms with E-state index in [1.54, 1.807) is 12.1 Å². The number of aromatic nitrogens is 2. The van der Waals surface area contributed by atoms with Gasteiger partial charge in [-0.25, -0.2) is 18.1 Å². The molecule has 0 amide bonds. The van der Waals surface area contributed by atoms with Crippen molar-refractivity contribution in [2.45, 2.75) is 30.0 Å². The summed E-state index contributed by atoms with van der Waals surface area (Å²) in [5.74, 6) is 0.957. The van der Waals surface area contributed by atoms with E-state index >= 15 is 0 Å². The molecule has 1 aliphatic heterocycles. The molecular formula is C14H18ClN3O2S. The summed E-state index contributed by atoms with van der Waals surface area (Å²) in [5, 5.41) is 2.21. The third-order valence-electron chi connectivity index (χ3n) is 3.83. The maximum Gasteiger partial charge on any atom is 0.177 e. The van der Waals surface area contributed by atoms with Crippen LogP contribution >= 0.6 is 11.6 Å². The zero-order chi connectivity index (χ0) is 15.0. The van der Waals surface area contributed by atoms with Gasteiger partial charge in [0.2, 0.25) is 0 Å². The first-order valence-electron chi connectivity index (χ1n) is 7.04. The van der Waals surface area contributed by atoms with E-state index in [4.69, 9.17) is 11.6 Å². The normalized spacial score (nSPS) is 16.6. The summed E-state index contributed by atoms with van der Waals surface area (Å²) < 4.78 is 25.9. The van der Waals surface area contributed by atoms with Crippen LogP contribution in [-0.4, -0.2) is 37.4 Å². The van der Waals surface area contributed by atoms with E-state index < -0.39 is 9.84 Å². The van der Waals surface area contributed by atoms with E-state index in [9.17, 15) is 8.42 Å². The summed E-state index contributed by atoms with van der Waals surface area (Å²) in [6.45, 7) is 1.89. The van der Waals surface area contributed by atoms with Crippen molar-refractivity contribution >= 4 is 32.5 Å². The SMILES string of the molecule is CS(=O)(=O)c1cccc2c1nc(CCl)n2N1CCCCC1. The molecule has 0 radical (unpaired) electrons. The summed E-state index contributed by atoms with van der Waals surface area (Å²) in [6.07, 6.45) is 4.70. The first-order chi connectivity index (χ1) is 10.0. The lowest BCUT2D eigenvalue weighted by Gasteiger charge is -2.31. The summed E-state index contributed by atoms with van der Waals surface area (Å²) in [4.78, 5) is 4.75. The molecule has 1 aromatic heterocycles. The maximum absolute atomic E-state index is 11.9. The van der Waals surface area contributed by atoms with E-state index in [1.165, 1.54) is 12.7 Å². The van der Waals surface area contributed by atoms with Crippen molar-refractivity contribution in [2.75, 3.05) is 24.4 Å². The van der Waals surface area contributed by atoms with Gasteiger partial charge in [0, 0.05) is 19.3 Å². The molecule has 3 rings (SSSR count). The highest BCUT2D eigenvalue weighted by Crippen LogP contribution is 2.25. The highest BCUT2D eigenvalue weighted by molar-refractivity contribution is 7.91. The van der Waals surface area contributed by atoms with Crippen LogP contribution in [0.15, 0.2) is 23.1 Å². The first-order valence-corrected chi connectivity index (χ1v) is 9.46. The van der Waals surface area contributed by atoms with Crippen molar-refractivity contribution in [3.63, 3.8) is 0 Å². The second-order valence-corrected chi connectivity index (χ2v) is 7.64. The monoisotopic (exact) mass is 327 g/mol. The lowest BCUT2D eigenvalue weighted by atomic mass is 10.2. The Balaban J connectivity index is 2.24. The van der Waals surface area contributed by atoms with E-state index in [-0.39, 0.29) is 10.8 Å². The van der Waals surface area contributed by atoms with Crippen LogP contribution in [0.2, 0.25) is 0 Å². The number of halogens is 1. The van der Waals surface area contributed by atoms with Crippen LogP contribution in [0.5, 0.6) is 0 Å². The average molecular weight is 328 g/mol. The van der Waals surface area contributed by atoms with Crippen molar-refractivity contribution in [3.05, 3.63) is 24.0 Å². The fraction of sp³-hybridized carbons (Fsp3) is 0.500. The van der Waals surface area contributed by atoms with Gasteiger partial charge >= 0.3 is 0 Å². The number of fused-ring (bicyclic) bond motifs is 1. The second-order valence-electron chi connectivity index (χ2n) is 5.38. The van der Waals surface area contributed by atoms with E-state index in [0.717, 1.165) is 31.4 Å². The van der Waals surface area contributed by atoms with Gasteiger partial charge in [-0.05, 0) is 31.4 Å². The number of rotatable bonds is 3. The Morgan fingerprint density at radius 3 is 2.57 bits per heavy atom. The molecule has 1 aromatic carbocycles. The van der Waals surface area contributed by atoms with Crippen molar-refractivity contribution in [1.29, 1.82) is 0 Å². The molecule has 0 N–H and O–H groups in total. The van der Waals surface area contributed by atoms with Gasteiger partial charge in [0.05, 0.1) is 16.3 Å². The maximum atomic E-state index is 11.9. The third kappa shape index (κ3) is 2.62. The number of piperidine rings is 1. The minimum absolute atomic E-state index is 0.258. The topological polar surface area (TPSA) is 55.2 Å². The van der Waals surface area contributed by atoms with Crippen molar-refractivity contribution in [3.8, 4) is 0 Å². The first kappa shape index (κ1) is 14.7. The number of nitrogens with zero attached hydrogens (tertiary/aromatic N) is 3. The third-order valence-corrected chi connectivity index (χ3v) is 5.19. The minimum Gasteiger partial charge on any atom is -0.311 e. The summed E-state index contributed by atoms with van der Waals surface area (Å²) in [6, 6.07) is 5.27. The molecule has 0 aliphatic carbocycles. The van der Waals surface area contributed by atoms with Crippen LogP contribution in [0.3, 0.4) is 0 Å². The Morgan fingerprint density at radius 2 is 1.95 bits per heavy atom. The van der Waals surface area contributed by atoms with Gasteiger partial charge in [-0.2, -0.15) is 0 Å². The van der Waals surface area contributed by atoms with Crippen LogP contribution < -0.4 is 5.01 Å². The molecule has 0 spiro atoms. The molecule has 114 valence electrons. The molecule has 1 fully saturated rings. The van der Waals surface area contributed by atoms with Crippen molar-refractivity contribution < 1.29 is 8.42 Å². The van der Waals surface area contributed by atoms with Crippen LogP contribution in [-0.2, 0) is 15.7 Å². The van der Waals surface area contributed by atoms with Crippen LogP contribution in [0.25, 0.3) is 11.0 Å². The predicted octanol–water partition coefficient (Wildman–Crippen LogP) is 2.30. The molecule has 1 saturated heterocycles. The zero-order valence-electron chi connectivity index (χ0n) is 11.9. The van der Waals surface area contributed by atoms with Gasteiger partial charge in [-0.3, -0.25) is 0 Å². The number of para-hydroxylation sites is 1. The molecule has 1 aliphatic rings. The average Bonchev–Trinajstić information content (AvgIpc) is 2.85. The van der Waals surface area contributed by atoms with Gasteiger partial charge < -0.3 is 5.01 Å². The fourth-order valence-electron chi connectivity index (χ4n) is 2.89. The summed E-state index contributed by atoms with van der Waals surface area (Å²) in [5.41, 5.74) is 1.33. The summed E-state index contributed by atoms with van der Waals surface area (Å²) in [7, 11) is -3.31. The molecule has 0 bridgehead atoms. The second kappa shape index (κ2) is 5.50. The van der Waals surface area contributed by atoms with Gasteiger partial charge in [0.1, 0.15) is 11.3 Å². The number of hydrogen-bond donors (Lipinski definition) is 0. The highest BCUT2D eigenvalue weighted by Gasteiger charge is 2.22. The summed E-state index contributed by atoms with van der Waals surface area (Å²) >= 11 is 6.03. The van der Waals surface area contributed by atoms with Gasteiger partial charge in [0.15, 0.2) is 9.84 Å². The van der Waals surface area contributed by atoms with Gasteiger partial charge in [0.25, 0.3) is 0 Å². The highest BCUT2D eigenvalue weighted by atomic mass is 35.5. The van der Waals surface area contributed by atoms with Crippen molar-refractivity contribution in [2.24, 2.45) is 0 Å². The molecule has 0 unspecified atom stereocenters. The molecule has 7 heteroatoms. The van der Waals surface area contributed by atoms with E-state index in [1.807, 2.05) is 10.7 Å². The lowest BCUT2D eigenvalue weighted by molar-refractivity contribution is 0.478. The van der Waals surface area contributed by atoms with Crippen LogP contribution in [0, 0.1) is 0 Å². The smallest absolute Gasteiger partial charge is 0.177 e. The van der Waals surface area contributed by atoms with Gasteiger partial charge in [-0.15, -0.1) is 11.6 Å². The lowest BCUT2D eigenvalue weighted by Crippen LogP contribution is -2.39. The zero-order valence-corrected chi connectivity index (χ0v) is 13.5. The number of benzene rings is 1. The Kier molecular flexibility index (Phi) is 3.84. The Labute approximate surface area is 129 Å². The van der Waals surface area contributed by atoms with E-state index in [0.29, 0.717) is 11.3 Å². The Morgan fingerprint density at radius 1 is 1.24 bits per heavy atom. The van der Waals surface area contributed by atoms with Crippen LogP contribution in [0.4, 0.5) is 0 Å². The number of imidazole rings is 1. The van der Waals surface area contributed by atoms with Crippen molar-refractivity contribution in [1.82, 2.24) is 9.66 Å². The number of alkyl halides is 1. The van der Waals surface area contributed by atoms with E-state index in [2.05, 4.69) is 9.99 Å². The molecule has 2 heterocycles. The predicted molar refractivity (Wildman–Crippen MR) is 84.2 cm³/mol.